The Hall–Kier alpha value is -2.97. The van der Waals surface area contributed by atoms with Crippen molar-refractivity contribution < 1.29 is 14.3 Å². The first kappa shape index (κ1) is 24.3. The van der Waals surface area contributed by atoms with Crippen LogP contribution in [0.4, 0.5) is 11.6 Å². The summed E-state index contributed by atoms with van der Waals surface area (Å²) in [5.41, 5.74) is 0.935. The first-order valence-corrected chi connectivity index (χ1v) is 10.6. The van der Waals surface area contributed by atoms with Crippen LogP contribution >= 0.6 is 0 Å². The summed E-state index contributed by atoms with van der Waals surface area (Å²) in [7, 11) is 7.27. The Bertz CT molecular complexity index is 842. The maximum atomic E-state index is 12.4. The molecule has 1 aliphatic rings. The highest BCUT2D eigenvalue weighted by Crippen LogP contribution is 2.36. The van der Waals surface area contributed by atoms with Gasteiger partial charge >= 0.3 is 6.01 Å². The van der Waals surface area contributed by atoms with E-state index in [9.17, 15) is 4.79 Å². The van der Waals surface area contributed by atoms with E-state index in [-0.39, 0.29) is 17.5 Å². The van der Waals surface area contributed by atoms with E-state index in [1.54, 1.807) is 6.20 Å². The molecular formula is C22H36N6O3. The lowest BCUT2D eigenvalue weighted by molar-refractivity contribution is -0.110. The molecule has 9 nitrogen and oxygen atoms in total. The average molecular weight is 433 g/mol. The summed E-state index contributed by atoms with van der Waals surface area (Å²) in [6.07, 6.45) is 5.61. The van der Waals surface area contributed by atoms with Crippen molar-refractivity contribution in [3.63, 3.8) is 0 Å². The van der Waals surface area contributed by atoms with Gasteiger partial charge in [-0.15, -0.1) is 0 Å². The standard InChI is InChI=1S/C22H36N6O3/c1-9-11-16(31-22(2,3)4)28(7)13-10-12-23-18-17-15(14-27(5)6)20(29)24-19(17)26-21(25-18)30-8/h11,14H,9-10,12-13H2,1-8H3,(H2,23,24,25,26,29)/b15-14-,16-11+. The van der Waals surface area contributed by atoms with Crippen LogP contribution in [0.1, 0.15) is 46.1 Å². The number of hydrogen-bond donors (Lipinski definition) is 2. The second kappa shape index (κ2) is 10.4. The molecule has 0 atom stereocenters. The Morgan fingerprint density at radius 3 is 2.52 bits per heavy atom. The van der Waals surface area contributed by atoms with E-state index < -0.39 is 0 Å². The number of nitrogens with zero attached hydrogens (tertiary/aromatic N) is 4. The molecule has 2 N–H and O–H groups in total. The van der Waals surface area contributed by atoms with E-state index in [2.05, 4.69) is 38.5 Å². The molecule has 0 bridgehead atoms. The van der Waals surface area contributed by atoms with Crippen molar-refractivity contribution in [2.45, 2.75) is 46.1 Å². The highest BCUT2D eigenvalue weighted by atomic mass is 16.5. The summed E-state index contributed by atoms with van der Waals surface area (Å²) in [6, 6.07) is 0.205. The molecule has 31 heavy (non-hydrogen) atoms. The van der Waals surface area contributed by atoms with Gasteiger partial charge < -0.3 is 29.9 Å². The number of aromatic nitrogens is 2. The molecule has 0 aromatic carbocycles. The van der Waals surface area contributed by atoms with Gasteiger partial charge in [0.2, 0.25) is 0 Å². The topological polar surface area (TPSA) is 91.9 Å². The number of nitrogens with one attached hydrogen (secondary N) is 2. The largest absolute Gasteiger partial charge is 0.474 e. The van der Waals surface area contributed by atoms with Crippen LogP contribution in [0.2, 0.25) is 0 Å². The number of allylic oxidation sites excluding steroid dienone is 1. The third-order valence-corrected chi connectivity index (χ3v) is 4.33. The third kappa shape index (κ3) is 6.77. The molecule has 1 aliphatic heterocycles. The van der Waals surface area contributed by atoms with Crippen LogP contribution in [-0.4, -0.2) is 72.6 Å². The minimum Gasteiger partial charge on any atom is -0.474 e. The van der Waals surface area contributed by atoms with Gasteiger partial charge in [-0.25, -0.2) is 0 Å². The third-order valence-electron chi connectivity index (χ3n) is 4.33. The molecule has 172 valence electrons. The average Bonchev–Trinajstić information content (AvgIpc) is 2.98. The molecule has 0 fully saturated rings. The Labute approximate surface area is 185 Å². The number of methoxy groups -OCH3 is 1. The fourth-order valence-electron chi connectivity index (χ4n) is 3.07. The van der Waals surface area contributed by atoms with Crippen LogP contribution in [0.3, 0.4) is 0 Å². The zero-order valence-corrected chi connectivity index (χ0v) is 20.0. The van der Waals surface area contributed by atoms with Gasteiger partial charge in [-0.05, 0) is 39.7 Å². The first-order valence-electron chi connectivity index (χ1n) is 10.6. The molecule has 2 heterocycles. The van der Waals surface area contributed by atoms with Crippen molar-refractivity contribution in [3.8, 4) is 6.01 Å². The van der Waals surface area contributed by atoms with Gasteiger partial charge in [0.25, 0.3) is 5.91 Å². The lowest BCUT2D eigenvalue weighted by Crippen LogP contribution is -2.29. The van der Waals surface area contributed by atoms with Gasteiger partial charge in [-0.3, -0.25) is 4.79 Å². The molecule has 0 aliphatic carbocycles. The van der Waals surface area contributed by atoms with Crippen molar-refractivity contribution in [1.82, 2.24) is 19.8 Å². The van der Waals surface area contributed by atoms with Crippen LogP contribution < -0.4 is 15.4 Å². The normalized spacial score (nSPS) is 14.9. The van der Waals surface area contributed by atoms with E-state index >= 15 is 0 Å². The van der Waals surface area contributed by atoms with Crippen molar-refractivity contribution >= 4 is 23.1 Å². The van der Waals surface area contributed by atoms with Gasteiger partial charge in [0.05, 0.1) is 18.2 Å². The molecule has 0 saturated heterocycles. The van der Waals surface area contributed by atoms with E-state index in [1.165, 1.54) is 7.11 Å². The monoisotopic (exact) mass is 432 g/mol. The number of ether oxygens (including phenoxy) is 2. The molecule has 1 aromatic rings. The van der Waals surface area contributed by atoms with Gasteiger partial charge in [-0.2, -0.15) is 9.97 Å². The van der Waals surface area contributed by atoms with Crippen LogP contribution in [0.15, 0.2) is 18.2 Å². The number of amides is 1. The van der Waals surface area contributed by atoms with E-state index in [1.807, 2.05) is 46.8 Å². The summed E-state index contributed by atoms with van der Waals surface area (Å²) < 4.78 is 11.3. The molecule has 0 unspecified atom stereocenters. The summed E-state index contributed by atoms with van der Waals surface area (Å²) in [5.74, 6) is 1.70. The van der Waals surface area contributed by atoms with E-state index in [0.29, 0.717) is 29.3 Å². The Kier molecular flexibility index (Phi) is 8.13. The van der Waals surface area contributed by atoms with Crippen molar-refractivity contribution in [2.75, 3.05) is 52.0 Å². The summed E-state index contributed by atoms with van der Waals surface area (Å²) in [4.78, 5) is 25.1. The van der Waals surface area contributed by atoms with Crippen molar-refractivity contribution in [3.05, 3.63) is 23.7 Å². The molecular weight excluding hydrogens is 396 g/mol. The first-order chi connectivity index (χ1) is 14.6. The second-order valence-electron chi connectivity index (χ2n) is 8.61. The van der Waals surface area contributed by atoms with Gasteiger partial charge in [0.15, 0.2) is 11.7 Å². The summed E-state index contributed by atoms with van der Waals surface area (Å²) in [5, 5.41) is 6.14. The Morgan fingerprint density at radius 1 is 1.23 bits per heavy atom. The fourth-order valence-corrected chi connectivity index (χ4v) is 3.07. The molecule has 1 aromatic heterocycles. The Morgan fingerprint density at radius 2 is 1.94 bits per heavy atom. The minimum atomic E-state index is -0.250. The number of rotatable bonds is 10. The second-order valence-corrected chi connectivity index (χ2v) is 8.61. The maximum Gasteiger partial charge on any atom is 0.320 e. The van der Waals surface area contributed by atoms with Gasteiger partial charge in [0.1, 0.15) is 11.4 Å². The van der Waals surface area contributed by atoms with Crippen LogP contribution in [0, 0.1) is 0 Å². The lowest BCUT2D eigenvalue weighted by atomic mass is 10.1. The van der Waals surface area contributed by atoms with Crippen LogP contribution in [-0.2, 0) is 9.53 Å². The molecule has 2 rings (SSSR count). The minimum absolute atomic E-state index is 0.205. The molecule has 0 radical (unpaired) electrons. The predicted octanol–water partition coefficient (Wildman–Crippen LogP) is 3.14. The number of fused-ring (bicyclic) bond motifs is 1. The molecule has 9 heteroatoms. The number of anilines is 2. The van der Waals surface area contributed by atoms with Gasteiger partial charge in [-0.1, -0.05) is 6.92 Å². The lowest BCUT2D eigenvalue weighted by Gasteiger charge is -2.30. The predicted molar refractivity (Wildman–Crippen MR) is 124 cm³/mol. The maximum absolute atomic E-state index is 12.4. The SMILES string of the molecule is CC/C=C(/OC(C)(C)C)N(C)CCCNc1nc(OC)nc2c1/C(=C/N(C)C)C(=O)N2. The zero-order valence-electron chi connectivity index (χ0n) is 20.0. The number of carbonyl (C=O) groups excluding carboxylic acids is 1. The van der Waals surface area contributed by atoms with Crippen molar-refractivity contribution in [2.24, 2.45) is 0 Å². The molecule has 0 saturated carbocycles. The van der Waals surface area contributed by atoms with Gasteiger partial charge in [0, 0.05) is 40.4 Å². The highest BCUT2D eigenvalue weighted by molar-refractivity contribution is 6.32. The van der Waals surface area contributed by atoms with E-state index in [4.69, 9.17) is 9.47 Å². The van der Waals surface area contributed by atoms with Crippen LogP contribution in [0.5, 0.6) is 6.01 Å². The fraction of sp³-hybridized carbons (Fsp3) is 0.591. The molecule has 1 amide bonds. The Balaban J connectivity index is 2.10. The van der Waals surface area contributed by atoms with Crippen LogP contribution in [0.25, 0.3) is 5.57 Å². The smallest absolute Gasteiger partial charge is 0.320 e. The summed E-state index contributed by atoms with van der Waals surface area (Å²) in [6.45, 7) is 9.69. The zero-order chi connectivity index (χ0) is 23.2. The number of carbonyl (C=O) groups is 1. The molecule has 0 spiro atoms. The highest BCUT2D eigenvalue weighted by Gasteiger charge is 2.31. The number of hydrogen-bond acceptors (Lipinski definition) is 8. The quantitative estimate of drug-likeness (QED) is 0.331. The van der Waals surface area contributed by atoms with E-state index in [0.717, 1.165) is 25.3 Å². The summed E-state index contributed by atoms with van der Waals surface area (Å²) >= 11 is 0. The van der Waals surface area contributed by atoms with Crippen molar-refractivity contribution in [1.29, 1.82) is 0 Å².